The lowest BCUT2D eigenvalue weighted by Crippen LogP contribution is -2.48. The minimum atomic E-state index is -4.30. The van der Waals surface area contributed by atoms with Gasteiger partial charge >= 0.3 is 0 Å². The summed E-state index contributed by atoms with van der Waals surface area (Å²) in [6.07, 6.45) is -1.24. The molecular formula is C18H14Cl3FN2O5S. The average molecular weight is 496 g/mol. The molecule has 0 saturated carbocycles. The van der Waals surface area contributed by atoms with Crippen LogP contribution in [0.25, 0.3) is 4.85 Å². The third kappa shape index (κ3) is 4.22. The molecule has 2 aromatic carbocycles. The van der Waals surface area contributed by atoms with Gasteiger partial charge in [0.15, 0.2) is 0 Å². The molecule has 0 radical (unpaired) electrons. The minimum absolute atomic E-state index is 0.0430. The van der Waals surface area contributed by atoms with Crippen molar-refractivity contribution in [3.8, 4) is 5.75 Å². The quantitative estimate of drug-likeness (QED) is 0.620. The molecule has 160 valence electrons. The molecule has 30 heavy (non-hydrogen) atoms. The van der Waals surface area contributed by atoms with Crippen LogP contribution < -0.4 is 4.74 Å². The molecule has 0 bridgehead atoms. The number of aliphatic hydroxyl groups is 2. The summed E-state index contributed by atoms with van der Waals surface area (Å²) >= 11 is 17.9. The lowest BCUT2D eigenvalue weighted by Gasteiger charge is -2.27. The summed E-state index contributed by atoms with van der Waals surface area (Å²) in [5.74, 6) is -0.879. The number of hydrogen-bond acceptors (Lipinski definition) is 5. The Labute approximate surface area is 187 Å². The van der Waals surface area contributed by atoms with Crippen LogP contribution in [0, 0.1) is 12.4 Å². The molecule has 1 aliphatic heterocycles. The number of hydrogen-bond donors (Lipinski definition) is 2. The van der Waals surface area contributed by atoms with Gasteiger partial charge in [-0.3, -0.25) is 0 Å². The topological polar surface area (TPSA) is 91.4 Å². The molecule has 7 nitrogen and oxygen atoms in total. The van der Waals surface area contributed by atoms with E-state index in [0.29, 0.717) is 0 Å². The molecule has 3 rings (SSSR count). The number of halogens is 4. The van der Waals surface area contributed by atoms with Crippen LogP contribution in [0.3, 0.4) is 0 Å². The highest BCUT2D eigenvalue weighted by Crippen LogP contribution is 2.38. The monoisotopic (exact) mass is 494 g/mol. The number of β-amino-alcohol motifs (C(OH)–C–C–N with tert-alkyl or cyclic N) is 1. The van der Waals surface area contributed by atoms with E-state index in [4.69, 9.17) is 46.1 Å². The SMILES string of the molecule is [C-]#[N+]c1ccc(O[C@H]2CN(S(=O)(=O)c3c(Cl)cc(Cl)cc3Cl)C[C@@]2(O)CO)cc1F. The minimum Gasteiger partial charge on any atom is -0.486 e. The predicted molar refractivity (Wildman–Crippen MR) is 109 cm³/mol. The number of benzene rings is 2. The molecule has 0 unspecified atom stereocenters. The maximum absolute atomic E-state index is 13.9. The van der Waals surface area contributed by atoms with E-state index in [1.807, 2.05) is 0 Å². The van der Waals surface area contributed by atoms with E-state index in [2.05, 4.69) is 4.85 Å². The van der Waals surface area contributed by atoms with Gasteiger partial charge in [0, 0.05) is 17.6 Å². The molecule has 0 aromatic heterocycles. The van der Waals surface area contributed by atoms with Gasteiger partial charge in [0.2, 0.25) is 15.7 Å². The van der Waals surface area contributed by atoms with Crippen molar-refractivity contribution in [2.45, 2.75) is 16.6 Å². The third-order valence-electron chi connectivity index (χ3n) is 4.57. The Hall–Kier alpha value is -1.64. The van der Waals surface area contributed by atoms with Crippen LogP contribution >= 0.6 is 34.8 Å². The van der Waals surface area contributed by atoms with Crippen LogP contribution in [0.4, 0.5) is 10.1 Å². The fourth-order valence-electron chi connectivity index (χ4n) is 3.03. The van der Waals surface area contributed by atoms with Crippen molar-refractivity contribution < 1.29 is 27.8 Å². The van der Waals surface area contributed by atoms with E-state index in [-0.39, 0.29) is 33.0 Å². The molecule has 1 fully saturated rings. The van der Waals surface area contributed by atoms with Crippen molar-refractivity contribution in [3.63, 3.8) is 0 Å². The number of aliphatic hydroxyl groups excluding tert-OH is 1. The third-order valence-corrected chi connectivity index (χ3v) is 7.52. The van der Waals surface area contributed by atoms with Crippen LogP contribution in [0.5, 0.6) is 5.75 Å². The molecule has 2 aromatic rings. The largest absolute Gasteiger partial charge is 0.486 e. The Morgan fingerprint density at radius 2 is 1.90 bits per heavy atom. The fourth-order valence-corrected chi connectivity index (χ4v) is 6.02. The smallest absolute Gasteiger partial charge is 0.246 e. The lowest BCUT2D eigenvalue weighted by molar-refractivity contribution is -0.0641. The summed E-state index contributed by atoms with van der Waals surface area (Å²) in [5, 5.41) is 20.1. The van der Waals surface area contributed by atoms with Crippen LogP contribution in [0.1, 0.15) is 0 Å². The zero-order valence-corrected chi connectivity index (χ0v) is 18.1. The van der Waals surface area contributed by atoms with Gasteiger partial charge in [-0.25, -0.2) is 17.7 Å². The second kappa shape index (κ2) is 8.48. The van der Waals surface area contributed by atoms with Crippen molar-refractivity contribution in [2.75, 3.05) is 19.7 Å². The van der Waals surface area contributed by atoms with Crippen molar-refractivity contribution >= 4 is 50.5 Å². The first-order chi connectivity index (χ1) is 14.0. The average Bonchev–Trinajstić information content (AvgIpc) is 2.99. The van der Waals surface area contributed by atoms with E-state index in [0.717, 1.165) is 10.4 Å². The summed E-state index contributed by atoms with van der Waals surface area (Å²) < 4.78 is 46.5. The molecule has 2 N–H and O–H groups in total. The first-order valence-corrected chi connectivity index (χ1v) is 10.9. The van der Waals surface area contributed by atoms with Gasteiger partial charge in [0.25, 0.3) is 0 Å². The Balaban J connectivity index is 1.93. The highest BCUT2D eigenvalue weighted by molar-refractivity contribution is 7.89. The van der Waals surface area contributed by atoms with E-state index in [1.54, 1.807) is 0 Å². The maximum atomic E-state index is 13.9. The van der Waals surface area contributed by atoms with Crippen molar-refractivity contribution in [1.82, 2.24) is 4.31 Å². The Morgan fingerprint density at radius 3 is 2.43 bits per heavy atom. The molecule has 1 heterocycles. The summed E-state index contributed by atoms with van der Waals surface area (Å²) in [6, 6.07) is 5.86. The highest BCUT2D eigenvalue weighted by atomic mass is 35.5. The van der Waals surface area contributed by atoms with Gasteiger partial charge in [-0.1, -0.05) is 34.8 Å². The normalized spacial score (nSPS) is 22.1. The van der Waals surface area contributed by atoms with Crippen molar-refractivity contribution in [3.05, 3.63) is 62.6 Å². The molecule has 1 aliphatic rings. The predicted octanol–water partition coefficient (Wildman–Crippen LogP) is 3.51. The molecular weight excluding hydrogens is 482 g/mol. The number of ether oxygens (including phenoxy) is 1. The van der Waals surface area contributed by atoms with Gasteiger partial charge in [-0.15, -0.1) is 0 Å². The summed E-state index contributed by atoms with van der Waals surface area (Å²) in [5.41, 5.74) is -2.20. The number of nitrogens with zero attached hydrogens (tertiary/aromatic N) is 2. The first kappa shape index (κ1) is 23.0. The molecule has 0 amide bonds. The Morgan fingerprint density at radius 1 is 1.27 bits per heavy atom. The van der Waals surface area contributed by atoms with Crippen LogP contribution in [-0.2, 0) is 10.0 Å². The summed E-state index contributed by atoms with van der Waals surface area (Å²) in [6.45, 7) is 5.15. The summed E-state index contributed by atoms with van der Waals surface area (Å²) in [7, 11) is -4.30. The van der Waals surface area contributed by atoms with Crippen LogP contribution in [0.15, 0.2) is 35.2 Å². The van der Waals surface area contributed by atoms with Gasteiger partial charge in [-0.05, 0) is 24.3 Å². The van der Waals surface area contributed by atoms with E-state index >= 15 is 0 Å². The van der Waals surface area contributed by atoms with Gasteiger partial charge in [0.1, 0.15) is 28.2 Å². The lowest BCUT2D eigenvalue weighted by atomic mass is 10.0. The van der Waals surface area contributed by atoms with Gasteiger partial charge in [-0.2, -0.15) is 4.31 Å². The molecule has 0 aliphatic carbocycles. The highest BCUT2D eigenvalue weighted by Gasteiger charge is 2.51. The molecule has 12 heteroatoms. The maximum Gasteiger partial charge on any atom is 0.246 e. The van der Waals surface area contributed by atoms with Gasteiger partial charge < -0.3 is 14.9 Å². The van der Waals surface area contributed by atoms with E-state index in [1.165, 1.54) is 24.3 Å². The second-order valence-corrected chi connectivity index (χ2v) is 9.71. The zero-order valence-electron chi connectivity index (χ0n) is 15.0. The zero-order chi connectivity index (χ0) is 22.3. The number of rotatable bonds is 5. The standard InChI is InChI=1S/C18H14Cl3FN2O5S/c1-23-15-3-2-11(6-14(15)22)29-16-7-24(8-18(16,26)9-25)30(27,28)17-12(20)4-10(19)5-13(17)21/h2-6,16,25-26H,7-9H2/t16-,18+/m0/s1. The molecule has 1 saturated heterocycles. The molecule has 0 spiro atoms. The van der Waals surface area contributed by atoms with E-state index < -0.39 is 45.6 Å². The Bertz CT molecular complexity index is 1120. The van der Waals surface area contributed by atoms with Crippen LogP contribution in [0.2, 0.25) is 15.1 Å². The Kier molecular flexibility index (Phi) is 6.51. The van der Waals surface area contributed by atoms with Crippen molar-refractivity contribution in [2.24, 2.45) is 0 Å². The van der Waals surface area contributed by atoms with Crippen molar-refractivity contribution in [1.29, 1.82) is 0 Å². The second-order valence-electron chi connectivity index (χ2n) is 6.59. The van der Waals surface area contributed by atoms with Crippen LogP contribution in [-0.4, -0.2) is 54.3 Å². The first-order valence-electron chi connectivity index (χ1n) is 8.33. The fraction of sp³-hybridized carbons (Fsp3) is 0.278. The molecule has 2 atom stereocenters. The number of sulfonamides is 1. The van der Waals surface area contributed by atoms with E-state index in [9.17, 15) is 23.0 Å². The summed E-state index contributed by atoms with van der Waals surface area (Å²) in [4.78, 5) is 2.60. The van der Waals surface area contributed by atoms with Gasteiger partial charge in [0.05, 0.1) is 29.8 Å².